The zero-order valence-corrected chi connectivity index (χ0v) is 7.25. The van der Waals surface area contributed by atoms with Gasteiger partial charge in [-0.2, -0.15) is 0 Å². The molecule has 1 aliphatic carbocycles. The quantitative estimate of drug-likeness (QED) is 0.673. The fourth-order valence-electron chi connectivity index (χ4n) is 1.58. The Morgan fingerprint density at radius 2 is 2.09 bits per heavy atom. The highest BCUT2D eigenvalue weighted by Gasteiger charge is 2.14. The minimum absolute atomic E-state index is 0.309. The molecule has 1 fully saturated rings. The van der Waals surface area contributed by atoms with Crippen LogP contribution in [0, 0.1) is 5.92 Å². The maximum atomic E-state index is 8.90. The third kappa shape index (κ3) is 3.73. The molecule has 0 aromatic carbocycles. The first-order valence-electron chi connectivity index (χ1n) is 4.55. The normalized spacial score (nSPS) is 22.4. The van der Waals surface area contributed by atoms with Gasteiger partial charge in [0.2, 0.25) is 0 Å². The van der Waals surface area contributed by atoms with Crippen LogP contribution in [0.1, 0.15) is 32.6 Å². The average Bonchev–Trinajstić information content (AvgIpc) is 2.39. The number of rotatable bonds is 4. The van der Waals surface area contributed by atoms with E-state index in [4.69, 9.17) is 9.84 Å². The van der Waals surface area contributed by atoms with E-state index in [9.17, 15) is 0 Å². The van der Waals surface area contributed by atoms with E-state index in [1.165, 1.54) is 25.7 Å². The highest BCUT2D eigenvalue weighted by atomic mass is 16.5. The summed E-state index contributed by atoms with van der Waals surface area (Å²) in [5.74, 6) is 0.772. The fraction of sp³-hybridized carbons (Fsp3) is 1.00. The lowest BCUT2D eigenvalue weighted by molar-refractivity contribution is 0.0302. The molecular weight excluding hydrogens is 140 g/mol. The van der Waals surface area contributed by atoms with E-state index in [-0.39, 0.29) is 6.10 Å². The summed E-state index contributed by atoms with van der Waals surface area (Å²) in [4.78, 5) is 0. The van der Waals surface area contributed by atoms with Crippen LogP contribution in [0.5, 0.6) is 0 Å². The Labute approximate surface area is 68.6 Å². The summed E-state index contributed by atoms with van der Waals surface area (Å²) in [6, 6.07) is 0. The fourth-order valence-corrected chi connectivity index (χ4v) is 1.58. The molecule has 11 heavy (non-hydrogen) atoms. The first-order chi connectivity index (χ1) is 5.29. The van der Waals surface area contributed by atoms with Crippen LogP contribution in [0.25, 0.3) is 0 Å². The second kappa shape index (κ2) is 4.73. The third-order valence-electron chi connectivity index (χ3n) is 2.19. The van der Waals surface area contributed by atoms with Crippen molar-refractivity contribution in [2.24, 2.45) is 5.92 Å². The molecule has 1 saturated carbocycles. The van der Waals surface area contributed by atoms with Gasteiger partial charge in [-0.05, 0) is 25.7 Å². The van der Waals surface area contributed by atoms with Crippen LogP contribution in [0.2, 0.25) is 0 Å². The van der Waals surface area contributed by atoms with Crippen LogP contribution >= 0.6 is 0 Å². The van der Waals surface area contributed by atoms with Gasteiger partial charge in [0.15, 0.2) is 0 Å². The summed E-state index contributed by atoms with van der Waals surface area (Å²) in [5.41, 5.74) is 0. The Kier molecular flexibility index (Phi) is 3.87. The number of aliphatic hydroxyl groups is 1. The molecule has 1 aliphatic rings. The van der Waals surface area contributed by atoms with Gasteiger partial charge in [0.1, 0.15) is 0 Å². The van der Waals surface area contributed by atoms with Gasteiger partial charge < -0.3 is 9.84 Å². The minimum Gasteiger partial charge on any atom is -0.391 e. The van der Waals surface area contributed by atoms with Gasteiger partial charge in [0, 0.05) is 6.61 Å². The van der Waals surface area contributed by atoms with Crippen LogP contribution in [0.15, 0.2) is 0 Å². The highest BCUT2D eigenvalue weighted by molar-refractivity contribution is 4.66. The van der Waals surface area contributed by atoms with Crippen molar-refractivity contribution in [2.45, 2.75) is 38.7 Å². The van der Waals surface area contributed by atoms with Gasteiger partial charge in [-0.1, -0.05) is 12.8 Å². The maximum Gasteiger partial charge on any atom is 0.0745 e. The Hall–Kier alpha value is -0.0800. The molecule has 1 rings (SSSR count). The summed E-state index contributed by atoms with van der Waals surface area (Å²) in [7, 11) is 0. The number of hydrogen-bond donors (Lipinski definition) is 1. The van der Waals surface area contributed by atoms with Crippen molar-refractivity contribution >= 4 is 0 Å². The minimum atomic E-state index is -0.309. The molecule has 0 bridgehead atoms. The number of aliphatic hydroxyl groups excluding tert-OH is 1. The van der Waals surface area contributed by atoms with Crippen molar-refractivity contribution < 1.29 is 9.84 Å². The van der Waals surface area contributed by atoms with Crippen molar-refractivity contribution in [3.05, 3.63) is 0 Å². The molecule has 1 unspecified atom stereocenters. The van der Waals surface area contributed by atoms with Crippen LogP contribution in [-0.2, 0) is 4.74 Å². The van der Waals surface area contributed by atoms with Crippen LogP contribution in [0.4, 0.5) is 0 Å². The molecule has 2 nitrogen and oxygen atoms in total. The molecule has 0 saturated heterocycles. The van der Waals surface area contributed by atoms with Crippen molar-refractivity contribution in [2.75, 3.05) is 13.2 Å². The van der Waals surface area contributed by atoms with Crippen molar-refractivity contribution in [3.63, 3.8) is 0 Å². The zero-order valence-electron chi connectivity index (χ0n) is 7.25. The van der Waals surface area contributed by atoms with E-state index in [0.717, 1.165) is 12.5 Å². The summed E-state index contributed by atoms with van der Waals surface area (Å²) in [6.45, 7) is 3.11. The molecule has 1 atom stereocenters. The zero-order chi connectivity index (χ0) is 8.10. The summed E-state index contributed by atoms with van der Waals surface area (Å²) in [6.07, 6.45) is 5.06. The number of hydrogen-bond acceptors (Lipinski definition) is 2. The SMILES string of the molecule is CC(O)COCC1CCCC1. The Morgan fingerprint density at radius 3 is 2.64 bits per heavy atom. The largest absolute Gasteiger partial charge is 0.391 e. The predicted octanol–water partition coefficient (Wildman–Crippen LogP) is 1.57. The molecule has 0 aromatic heterocycles. The van der Waals surface area contributed by atoms with Gasteiger partial charge in [-0.15, -0.1) is 0 Å². The average molecular weight is 158 g/mol. The van der Waals surface area contributed by atoms with Crippen LogP contribution in [-0.4, -0.2) is 24.4 Å². The smallest absolute Gasteiger partial charge is 0.0745 e. The van der Waals surface area contributed by atoms with E-state index in [0.29, 0.717) is 6.61 Å². The lowest BCUT2D eigenvalue weighted by atomic mass is 10.1. The standard InChI is InChI=1S/C9H18O2/c1-8(10)6-11-7-9-4-2-3-5-9/h8-10H,2-7H2,1H3. The van der Waals surface area contributed by atoms with Gasteiger partial charge in [-0.25, -0.2) is 0 Å². The van der Waals surface area contributed by atoms with Crippen molar-refractivity contribution in [1.82, 2.24) is 0 Å². The van der Waals surface area contributed by atoms with E-state index in [1.807, 2.05) is 0 Å². The van der Waals surface area contributed by atoms with E-state index < -0.39 is 0 Å². The second-order valence-corrected chi connectivity index (χ2v) is 3.54. The first-order valence-corrected chi connectivity index (χ1v) is 4.55. The molecule has 2 heteroatoms. The molecule has 0 heterocycles. The Bertz CT molecular complexity index is 95.7. The highest BCUT2D eigenvalue weighted by Crippen LogP contribution is 2.24. The molecule has 66 valence electrons. The van der Waals surface area contributed by atoms with E-state index >= 15 is 0 Å². The molecular formula is C9H18O2. The molecule has 0 spiro atoms. The van der Waals surface area contributed by atoms with Crippen LogP contribution < -0.4 is 0 Å². The lowest BCUT2D eigenvalue weighted by Gasteiger charge is -2.10. The first kappa shape index (κ1) is 9.01. The summed E-state index contributed by atoms with van der Waals surface area (Å²) >= 11 is 0. The summed E-state index contributed by atoms with van der Waals surface area (Å²) in [5, 5.41) is 8.90. The van der Waals surface area contributed by atoms with Gasteiger partial charge in [0.05, 0.1) is 12.7 Å². The molecule has 0 aliphatic heterocycles. The Morgan fingerprint density at radius 1 is 1.45 bits per heavy atom. The van der Waals surface area contributed by atoms with Crippen LogP contribution in [0.3, 0.4) is 0 Å². The van der Waals surface area contributed by atoms with Crippen molar-refractivity contribution in [3.8, 4) is 0 Å². The number of ether oxygens (including phenoxy) is 1. The van der Waals surface area contributed by atoms with E-state index in [2.05, 4.69) is 0 Å². The van der Waals surface area contributed by atoms with E-state index in [1.54, 1.807) is 6.92 Å². The lowest BCUT2D eigenvalue weighted by Crippen LogP contribution is -2.14. The molecule has 0 aromatic rings. The van der Waals surface area contributed by atoms with Crippen molar-refractivity contribution in [1.29, 1.82) is 0 Å². The predicted molar refractivity (Wildman–Crippen MR) is 44.5 cm³/mol. The second-order valence-electron chi connectivity index (χ2n) is 3.54. The maximum absolute atomic E-state index is 8.90. The topological polar surface area (TPSA) is 29.5 Å². The van der Waals surface area contributed by atoms with Gasteiger partial charge >= 0.3 is 0 Å². The molecule has 0 amide bonds. The Balaban J connectivity index is 1.94. The molecule has 0 radical (unpaired) electrons. The van der Waals surface area contributed by atoms with Gasteiger partial charge in [-0.3, -0.25) is 0 Å². The van der Waals surface area contributed by atoms with Gasteiger partial charge in [0.25, 0.3) is 0 Å². The summed E-state index contributed by atoms with van der Waals surface area (Å²) < 4.78 is 5.33. The molecule has 1 N–H and O–H groups in total. The third-order valence-corrected chi connectivity index (χ3v) is 2.19. The monoisotopic (exact) mass is 158 g/mol.